The monoisotopic (exact) mass is 302 g/mol. The van der Waals surface area contributed by atoms with Crippen molar-refractivity contribution in [3.63, 3.8) is 0 Å². The molecule has 0 aromatic carbocycles. The maximum atomic E-state index is 4.63. The molecule has 0 aliphatic carbocycles. The molecule has 6 nitrogen and oxygen atoms in total. The van der Waals surface area contributed by atoms with Crippen molar-refractivity contribution in [1.29, 1.82) is 0 Å². The lowest BCUT2D eigenvalue weighted by Gasteiger charge is -2.18. The predicted molar refractivity (Wildman–Crippen MR) is 86.9 cm³/mol. The molecule has 0 aliphatic heterocycles. The number of rotatable bonds is 6. The van der Waals surface area contributed by atoms with Crippen molar-refractivity contribution >= 4 is 34.3 Å². The summed E-state index contributed by atoms with van der Waals surface area (Å²) in [6.45, 7) is 3.77. The van der Waals surface area contributed by atoms with Crippen molar-refractivity contribution in [2.45, 2.75) is 19.9 Å². The number of aromatic amines is 1. The maximum Gasteiger partial charge on any atom is 0.226 e. The summed E-state index contributed by atoms with van der Waals surface area (Å²) in [5.74, 6) is 1.49. The lowest BCUT2D eigenvalue weighted by atomic mass is 10.3. The van der Waals surface area contributed by atoms with Crippen LogP contribution in [0.25, 0.3) is 11.2 Å². The normalized spacial score (nSPS) is 11.0. The molecule has 110 valence electrons. The Morgan fingerprint density at radius 1 is 1.38 bits per heavy atom. The van der Waals surface area contributed by atoms with E-state index >= 15 is 0 Å². The van der Waals surface area contributed by atoms with Gasteiger partial charge in [0.2, 0.25) is 5.95 Å². The highest BCUT2D eigenvalue weighted by Crippen LogP contribution is 2.23. The summed E-state index contributed by atoms with van der Waals surface area (Å²) in [6.07, 6.45) is 2.69. The molecule has 0 saturated heterocycles. The first-order valence-corrected chi connectivity index (χ1v) is 7.89. The summed E-state index contributed by atoms with van der Waals surface area (Å²) in [5, 5.41) is 7.47. The van der Waals surface area contributed by atoms with Gasteiger partial charge in [0.25, 0.3) is 0 Å². The van der Waals surface area contributed by atoms with Crippen LogP contribution in [0.3, 0.4) is 0 Å². The van der Waals surface area contributed by atoms with Crippen LogP contribution in [0.1, 0.15) is 18.9 Å². The van der Waals surface area contributed by atoms with Crippen LogP contribution in [0.2, 0.25) is 0 Å². The van der Waals surface area contributed by atoms with Gasteiger partial charge in [-0.25, -0.2) is 4.98 Å². The highest BCUT2D eigenvalue weighted by Gasteiger charge is 2.14. The Morgan fingerprint density at radius 2 is 2.29 bits per heavy atom. The molecular weight excluding hydrogens is 284 g/mol. The Kier molecular flexibility index (Phi) is 4.01. The van der Waals surface area contributed by atoms with E-state index in [1.54, 1.807) is 17.7 Å². The van der Waals surface area contributed by atoms with Crippen molar-refractivity contribution in [1.82, 2.24) is 19.9 Å². The summed E-state index contributed by atoms with van der Waals surface area (Å²) in [7, 11) is 2.03. The molecule has 3 aromatic heterocycles. The molecule has 0 aliphatic rings. The van der Waals surface area contributed by atoms with Crippen LogP contribution in [0, 0.1) is 0 Å². The van der Waals surface area contributed by atoms with Gasteiger partial charge >= 0.3 is 0 Å². The van der Waals surface area contributed by atoms with Gasteiger partial charge in [0.05, 0.1) is 6.33 Å². The average molecular weight is 302 g/mol. The Labute approximate surface area is 127 Å². The van der Waals surface area contributed by atoms with Crippen LogP contribution in [-0.2, 0) is 6.54 Å². The molecule has 3 rings (SSSR count). The van der Waals surface area contributed by atoms with E-state index in [0.717, 1.165) is 30.8 Å². The molecule has 2 N–H and O–H groups in total. The number of hydrogen-bond donors (Lipinski definition) is 2. The topological polar surface area (TPSA) is 69.7 Å². The van der Waals surface area contributed by atoms with Crippen molar-refractivity contribution in [2.24, 2.45) is 0 Å². The van der Waals surface area contributed by atoms with E-state index in [9.17, 15) is 0 Å². The van der Waals surface area contributed by atoms with E-state index < -0.39 is 0 Å². The molecule has 0 bridgehead atoms. The second kappa shape index (κ2) is 6.09. The zero-order valence-electron chi connectivity index (χ0n) is 12.1. The molecule has 0 saturated carbocycles. The smallest absolute Gasteiger partial charge is 0.226 e. The molecule has 0 radical (unpaired) electrons. The summed E-state index contributed by atoms with van der Waals surface area (Å²) in [5.41, 5.74) is 2.84. The molecule has 0 spiro atoms. The number of imidazole rings is 1. The van der Waals surface area contributed by atoms with Crippen molar-refractivity contribution in [3.8, 4) is 0 Å². The van der Waals surface area contributed by atoms with Gasteiger partial charge in [-0.2, -0.15) is 21.3 Å². The van der Waals surface area contributed by atoms with Gasteiger partial charge in [-0.15, -0.1) is 0 Å². The standard InChI is InChI=1S/C14H18N6S/c1-3-5-15-14-18-12-11(16-9-17-12)13(19-14)20(2)7-10-4-6-21-8-10/h4,6,8-9H,3,5,7H2,1-2H3,(H2,15,16,17,18,19). The minimum absolute atomic E-state index is 0.628. The van der Waals surface area contributed by atoms with Crippen LogP contribution >= 0.6 is 11.3 Å². The average Bonchev–Trinajstić information content (AvgIpc) is 3.14. The zero-order chi connectivity index (χ0) is 14.7. The van der Waals surface area contributed by atoms with E-state index in [1.165, 1.54) is 5.56 Å². The molecule has 3 aromatic rings. The first-order chi connectivity index (χ1) is 10.3. The molecule has 0 fully saturated rings. The Balaban J connectivity index is 1.93. The number of H-pyrrole nitrogens is 1. The van der Waals surface area contributed by atoms with Crippen molar-refractivity contribution in [2.75, 3.05) is 23.8 Å². The third-order valence-electron chi connectivity index (χ3n) is 3.16. The fraction of sp³-hybridized carbons (Fsp3) is 0.357. The molecule has 7 heteroatoms. The number of nitrogens with zero attached hydrogens (tertiary/aromatic N) is 4. The van der Waals surface area contributed by atoms with Gasteiger partial charge in [0.15, 0.2) is 11.5 Å². The van der Waals surface area contributed by atoms with Crippen LogP contribution in [0.5, 0.6) is 0 Å². The first-order valence-electron chi connectivity index (χ1n) is 6.95. The van der Waals surface area contributed by atoms with E-state index in [4.69, 9.17) is 0 Å². The van der Waals surface area contributed by atoms with Crippen LogP contribution in [0.4, 0.5) is 11.8 Å². The molecule has 3 heterocycles. The number of anilines is 2. The van der Waals surface area contributed by atoms with Gasteiger partial charge in [-0.3, -0.25) is 0 Å². The molecule has 21 heavy (non-hydrogen) atoms. The minimum Gasteiger partial charge on any atom is -0.354 e. The minimum atomic E-state index is 0.628. The fourth-order valence-corrected chi connectivity index (χ4v) is 2.80. The number of fused-ring (bicyclic) bond motifs is 1. The quantitative estimate of drug-likeness (QED) is 0.732. The van der Waals surface area contributed by atoms with Crippen LogP contribution < -0.4 is 10.2 Å². The van der Waals surface area contributed by atoms with Gasteiger partial charge in [0.1, 0.15) is 5.52 Å². The lowest BCUT2D eigenvalue weighted by molar-refractivity contribution is 0.895. The molecule has 0 atom stereocenters. The Morgan fingerprint density at radius 3 is 3.05 bits per heavy atom. The number of aromatic nitrogens is 4. The van der Waals surface area contributed by atoms with Gasteiger partial charge in [-0.05, 0) is 28.8 Å². The second-order valence-corrected chi connectivity index (χ2v) is 5.67. The highest BCUT2D eigenvalue weighted by atomic mass is 32.1. The Hall–Kier alpha value is -2.15. The summed E-state index contributed by atoms with van der Waals surface area (Å²) in [4.78, 5) is 18.5. The SMILES string of the molecule is CCCNc1nc(N(C)Cc2ccsc2)c2[nH]cnc2n1. The molecule has 0 unspecified atom stereocenters. The summed E-state index contributed by atoms with van der Waals surface area (Å²) >= 11 is 1.70. The van der Waals surface area contributed by atoms with Gasteiger partial charge in [0, 0.05) is 20.1 Å². The number of nitrogens with one attached hydrogen (secondary N) is 2. The lowest BCUT2D eigenvalue weighted by Crippen LogP contribution is -2.19. The van der Waals surface area contributed by atoms with Crippen LogP contribution in [0.15, 0.2) is 23.2 Å². The third-order valence-corrected chi connectivity index (χ3v) is 3.89. The summed E-state index contributed by atoms with van der Waals surface area (Å²) in [6, 6.07) is 2.13. The number of thiophene rings is 1. The second-order valence-electron chi connectivity index (χ2n) is 4.89. The summed E-state index contributed by atoms with van der Waals surface area (Å²) < 4.78 is 0. The highest BCUT2D eigenvalue weighted by molar-refractivity contribution is 7.07. The van der Waals surface area contributed by atoms with Crippen molar-refractivity contribution < 1.29 is 0 Å². The molecule has 0 amide bonds. The van der Waals surface area contributed by atoms with E-state index in [2.05, 4.69) is 53.9 Å². The van der Waals surface area contributed by atoms with E-state index in [0.29, 0.717) is 11.6 Å². The molecular formula is C14H18N6S. The van der Waals surface area contributed by atoms with Crippen LogP contribution in [-0.4, -0.2) is 33.5 Å². The van der Waals surface area contributed by atoms with Gasteiger partial charge < -0.3 is 15.2 Å². The predicted octanol–water partition coefficient (Wildman–Crippen LogP) is 2.87. The van der Waals surface area contributed by atoms with E-state index in [-0.39, 0.29) is 0 Å². The first kappa shape index (κ1) is 13.8. The Bertz CT molecular complexity index is 705. The fourth-order valence-electron chi connectivity index (χ4n) is 2.14. The number of hydrogen-bond acceptors (Lipinski definition) is 6. The van der Waals surface area contributed by atoms with E-state index in [1.807, 2.05) is 7.05 Å². The largest absolute Gasteiger partial charge is 0.354 e. The third kappa shape index (κ3) is 2.97. The van der Waals surface area contributed by atoms with Gasteiger partial charge in [-0.1, -0.05) is 6.92 Å². The maximum absolute atomic E-state index is 4.63. The van der Waals surface area contributed by atoms with Crippen molar-refractivity contribution in [3.05, 3.63) is 28.7 Å². The zero-order valence-corrected chi connectivity index (χ0v) is 12.9.